The zero-order valence-electron chi connectivity index (χ0n) is 13.0. The van der Waals surface area contributed by atoms with Crippen LogP contribution in [0.2, 0.25) is 0 Å². The number of aromatic nitrogens is 3. The van der Waals surface area contributed by atoms with Crippen LogP contribution in [0.5, 0.6) is 5.75 Å². The monoisotopic (exact) mass is 347 g/mol. The Morgan fingerprint density at radius 1 is 1.21 bits per heavy atom. The van der Waals surface area contributed by atoms with Gasteiger partial charge in [0, 0.05) is 6.20 Å². The lowest BCUT2D eigenvalue weighted by Crippen LogP contribution is -2.21. The molecule has 2 aromatic heterocycles. The molecular weight excluding hydrogens is 330 g/mol. The largest absolute Gasteiger partial charge is 0.485 e. The summed E-state index contributed by atoms with van der Waals surface area (Å²) in [6, 6.07) is 10.8. The summed E-state index contributed by atoms with van der Waals surface area (Å²) in [7, 11) is -1.96. The number of pyridine rings is 1. The molecule has 0 amide bonds. The van der Waals surface area contributed by atoms with Crippen molar-refractivity contribution >= 4 is 21.6 Å². The second-order valence-electron chi connectivity index (χ2n) is 5.13. The van der Waals surface area contributed by atoms with E-state index < -0.39 is 10.0 Å². The minimum absolute atomic E-state index is 0.106. The molecule has 0 saturated heterocycles. The van der Waals surface area contributed by atoms with Gasteiger partial charge in [0.2, 0.25) is 16.0 Å². The van der Waals surface area contributed by atoms with Crippen LogP contribution in [0, 0.1) is 0 Å². The SMILES string of the molecule is CNS(=O)(=O)Cc1ccccc1COc1cccn2nc(N)nc12. The van der Waals surface area contributed by atoms with Crippen molar-refractivity contribution < 1.29 is 13.2 Å². The Bertz CT molecular complexity index is 968. The van der Waals surface area contributed by atoms with Gasteiger partial charge in [0.15, 0.2) is 11.4 Å². The number of fused-ring (bicyclic) bond motifs is 1. The molecular formula is C15H17N5O3S. The molecule has 0 bridgehead atoms. The van der Waals surface area contributed by atoms with Crippen molar-refractivity contribution in [2.75, 3.05) is 12.8 Å². The fourth-order valence-corrected chi connectivity index (χ4v) is 3.12. The molecule has 0 aliphatic rings. The molecule has 0 atom stereocenters. The van der Waals surface area contributed by atoms with Crippen LogP contribution in [-0.2, 0) is 22.4 Å². The molecule has 0 aliphatic heterocycles. The van der Waals surface area contributed by atoms with Gasteiger partial charge >= 0.3 is 0 Å². The van der Waals surface area contributed by atoms with Crippen molar-refractivity contribution in [1.29, 1.82) is 0 Å². The number of rotatable bonds is 6. The fraction of sp³-hybridized carbons (Fsp3) is 0.200. The highest BCUT2D eigenvalue weighted by molar-refractivity contribution is 7.88. The number of nitrogens with zero attached hydrogens (tertiary/aromatic N) is 3. The predicted octanol–water partition coefficient (Wildman–Crippen LogP) is 0.940. The van der Waals surface area contributed by atoms with Crippen molar-refractivity contribution in [3.63, 3.8) is 0 Å². The third-order valence-corrected chi connectivity index (χ3v) is 4.81. The van der Waals surface area contributed by atoms with Crippen LogP contribution >= 0.6 is 0 Å². The second-order valence-corrected chi connectivity index (χ2v) is 7.06. The van der Waals surface area contributed by atoms with Gasteiger partial charge < -0.3 is 10.5 Å². The molecule has 3 aromatic rings. The van der Waals surface area contributed by atoms with E-state index in [-0.39, 0.29) is 18.3 Å². The lowest BCUT2D eigenvalue weighted by atomic mass is 10.1. The first-order valence-corrected chi connectivity index (χ1v) is 8.85. The van der Waals surface area contributed by atoms with E-state index in [9.17, 15) is 8.42 Å². The highest BCUT2D eigenvalue weighted by atomic mass is 32.2. The highest BCUT2D eigenvalue weighted by Crippen LogP contribution is 2.21. The van der Waals surface area contributed by atoms with E-state index in [1.165, 1.54) is 11.6 Å². The lowest BCUT2D eigenvalue weighted by Gasteiger charge is -2.11. The van der Waals surface area contributed by atoms with E-state index in [1.54, 1.807) is 30.5 Å². The minimum atomic E-state index is -3.36. The number of nitrogen functional groups attached to an aromatic ring is 1. The molecule has 1 aromatic carbocycles. The van der Waals surface area contributed by atoms with Crippen molar-refractivity contribution in [1.82, 2.24) is 19.3 Å². The zero-order valence-corrected chi connectivity index (χ0v) is 13.8. The van der Waals surface area contributed by atoms with E-state index in [4.69, 9.17) is 10.5 Å². The molecule has 8 nitrogen and oxygen atoms in total. The summed E-state index contributed by atoms with van der Waals surface area (Å²) < 4.78 is 33.2. The van der Waals surface area contributed by atoms with Crippen LogP contribution < -0.4 is 15.2 Å². The quantitative estimate of drug-likeness (QED) is 0.686. The van der Waals surface area contributed by atoms with Gasteiger partial charge in [-0.1, -0.05) is 24.3 Å². The molecule has 2 heterocycles. The summed E-state index contributed by atoms with van der Waals surface area (Å²) in [6.45, 7) is 0.210. The van der Waals surface area contributed by atoms with E-state index in [0.717, 1.165) is 5.56 Å². The van der Waals surface area contributed by atoms with Crippen molar-refractivity contribution in [3.05, 3.63) is 53.7 Å². The average Bonchev–Trinajstić information content (AvgIpc) is 2.94. The number of hydrogen-bond donors (Lipinski definition) is 2. The van der Waals surface area contributed by atoms with Gasteiger partial charge in [0.25, 0.3) is 0 Å². The van der Waals surface area contributed by atoms with Crippen LogP contribution in [0.1, 0.15) is 11.1 Å². The smallest absolute Gasteiger partial charge is 0.240 e. The van der Waals surface area contributed by atoms with E-state index in [2.05, 4.69) is 14.8 Å². The van der Waals surface area contributed by atoms with Crippen LogP contribution in [0.25, 0.3) is 5.65 Å². The number of ether oxygens (including phenoxy) is 1. The van der Waals surface area contributed by atoms with Gasteiger partial charge in [-0.25, -0.2) is 17.7 Å². The topological polar surface area (TPSA) is 112 Å². The summed E-state index contributed by atoms with van der Waals surface area (Å²) in [5.74, 6) is 0.574. The number of benzene rings is 1. The van der Waals surface area contributed by atoms with Crippen molar-refractivity contribution in [2.24, 2.45) is 0 Å². The summed E-state index contributed by atoms with van der Waals surface area (Å²) in [5.41, 5.74) is 7.58. The van der Waals surface area contributed by atoms with Gasteiger partial charge in [-0.2, -0.15) is 4.98 Å². The predicted molar refractivity (Wildman–Crippen MR) is 89.9 cm³/mol. The Labute approximate surface area is 139 Å². The minimum Gasteiger partial charge on any atom is -0.485 e. The third kappa shape index (κ3) is 3.47. The maximum atomic E-state index is 11.8. The summed E-state index contributed by atoms with van der Waals surface area (Å²) in [6.07, 6.45) is 1.72. The highest BCUT2D eigenvalue weighted by Gasteiger charge is 2.13. The summed E-state index contributed by atoms with van der Waals surface area (Å²) in [5, 5.41) is 4.02. The number of hydrogen-bond acceptors (Lipinski definition) is 6. The molecule has 24 heavy (non-hydrogen) atoms. The number of nitrogens with one attached hydrogen (secondary N) is 1. The molecule has 3 N–H and O–H groups in total. The van der Waals surface area contributed by atoms with Crippen LogP contribution in [0.3, 0.4) is 0 Å². The first-order chi connectivity index (χ1) is 11.5. The molecule has 0 fully saturated rings. The first-order valence-electron chi connectivity index (χ1n) is 7.20. The maximum absolute atomic E-state index is 11.8. The third-order valence-electron chi connectivity index (χ3n) is 3.50. The van der Waals surface area contributed by atoms with E-state index in [0.29, 0.717) is 17.0 Å². The second kappa shape index (κ2) is 6.46. The molecule has 3 rings (SSSR count). The number of anilines is 1. The van der Waals surface area contributed by atoms with Crippen molar-refractivity contribution in [2.45, 2.75) is 12.4 Å². The maximum Gasteiger partial charge on any atom is 0.240 e. The lowest BCUT2D eigenvalue weighted by molar-refractivity contribution is 0.307. The van der Waals surface area contributed by atoms with Crippen LogP contribution in [0.15, 0.2) is 42.6 Å². The Hall–Kier alpha value is -2.65. The molecule has 9 heteroatoms. The van der Waals surface area contributed by atoms with E-state index >= 15 is 0 Å². The zero-order chi connectivity index (χ0) is 17.2. The standard InChI is InChI=1S/C15H17N5O3S/c1-17-24(21,22)10-12-6-3-2-5-11(12)9-23-13-7-4-8-20-14(13)18-15(16)19-20/h2-8,17H,9-10H2,1H3,(H2,16,19). The molecule has 0 unspecified atom stereocenters. The molecule has 0 saturated carbocycles. The van der Waals surface area contributed by atoms with Crippen molar-refractivity contribution in [3.8, 4) is 5.75 Å². The summed E-state index contributed by atoms with van der Waals surface area (Å²) in [4.78, 5) is 4.12. The number of nitrogens with two attached hydrogens (primary N) is 1. The van der Waals surface area contributed by atoms with Gasteiger partial charge in [0.05, 0.1) is 5.75 Å². The Morgan fingerprint density at radius 2 is 1.96 bits per heavy atom. The first kappa shape index (κ1) is 16.2. The average molecular weight is 347 g/mol. The van der Waals surface area contributed by atoms with Gasteiger partial charge in [-0.3, -0.25) is 0 Å². The van der Waals surface area contributed by atoms with Crippen LogP contribution in [0.4, 0.5) is 5.95 Å². The summed E-state index contributed by atoms with van der Waals surface area (Å²) >= 11 is 0. The van der Waals surface area contributed by atoms with Gasteiger partial charge in [-0.15, -0.1) is 5.10 Å². The Morgan fingerprint density at radius 3 is 2.71 bits per heavy atom. The number of sulfonamides is 1. The Balaban J connectivity index is 1.84. The fourth-order valence-electron chi connectivity index (χ4n) is 2.28. The Kier molecular flexibility index (Phi) is 4.36. The molecule has 0 radical (unpaired) electrons. The van der Waals surface area contributed by atoms with Crippen LogP contribution in [-0.4, -0.2) is 30.1 Å². The van der Waals surface area contributed by atoms with E-state index in [1.807, 2.05) is 12.1 Å². The van der Waals surface area contributed by atoms with Gasteiger partial charge in [-0.05, 0) is 30.3 Å². The molecule has 0 spiro atoms. The van der Waals surface area contributed by atoms with Gasteiger partial charge in [0.1, 0.15) is 6.61 Å². The molecule has 0 aliphatic carbocycles. The molecule has 126 valence electrons. The normalized spacial score (nSPS) is 11.7.